The Hall–Kier alpha value is -2.20. The number of benzene rings is 2. The Bertz CT molecular complexity index is 599. The smallest absolute Gasteiger partial charge is 0.221 e. The van der Waals surface area contributed by atoms with Gasteiger partial charge in [0.25, 0.3) is 0 Å². The summed E-state index contributed by atoms with van der Waals surface area (Å²) >= 11 is 0. The summed E-state index contributed by atoms with van der Waals surface area (Å²) in [5.74, 6) is -0.131. The molecular formula is C20H25FN2O. The molecule has 0 heterocycles. The molecule has 2 aromatic carbocycles. The zero-order chi connectivity index (χ0) is 17.0. The van der Waals surface area contributed by atoms with Crippen LogP contribution in [0, 0.1) is 5.82 Å². The zero-order valence-corrected chi connectivity index (χ0v) is 13.9. The van der Waals surface area contributed by atoms with Crippen molar-refractivity contribution in [1.29, 1.82) is 0 Å². The molecule has 2 N–H and O–H groups in total. The van der Waals surface area contributed by atoms with Crippen molar-refractivity contribution >= 4 is 5.91 Å². The predicted molar refractivity (Wildman–Crippen MR) is 95.4 cm³/mol. The first-order chi connectivity index (χ1) is 11.7. The maximum atomic E-state index is 12.8. The molecule has 3 nitrogen and oxygen atoms in total. The lowest BCUT2D eigenvalue weighted by molar-refractivity contribution is -0.120. The van der Waals surface area contributed by atoms with Gasteiger partial charge < -0.3 is 10.6 Å². The van der Waals surface area contributed by atoms with E-state index in [1.165, 1.54) is 17.7 Å². The number of halogens is 1. The van der Waals surface area contributed by atoms with Gasteiger partial charge in [0, 0.05) is 19.5 Å². The first-order valence-electron chi connectivity index (χ1n) is 8.50. The highest BCUT2D eigenvalue weighted by molar-refractivity contribution is 5.75. The van der Waals surface area contributed by atoms with Crippen molar-refractivity contribution in [3.05, 3.63) is 71.5 Å². The van der Waals surface area contributed by atoms with E-state index in [-0.39, 0.29) is 11.7 Å². The molecule has 0 spiro atoms. The van der Waals surface area contributed by atoms with E-state index >= 15 is 0 Å². The average molecular weight is 328 g/mol. The third-order valence-electron chi connectivity index (χ3n) is 3.84. The van der Waals surface area contributed by atoms with E-state index in [1.54, 1.807) is 12.1 Å². The number of amides is 1. The first kappa shape index (κ1) is 18.1. The van der Waals surface area contributed by atoms with Crippen LogP contribution in [-0.2, 0) is 17.6 Å². The highest BCUT2D eigenvalue weighted by Crippen LogP contribution is 2.03. The van der Waals surface area contributed by atoms with Gasteiger partial charge in [0.1, 0.15) is 5.82 Å². The van der Waals surface area contributed by atoms with E-state index in [9.17, 15) is 9.18 Å². The SMILES string of the molecule is O=C(CCNCCc1ccc(F)cc1)NCCCc1ccccc1. The van der Waals surface area contributed by atoms with Crippen LogP contribution in [0.3, 0.4) is 0 Å². The van der Waals surface area contributed by atoms with Gasteiger partial charge in [-0.2, -0.15) is 0 Å². The molecule has 2 aromatic rings. The zero-order valence-electron chi connectivity index (χ0n) is 13.9. The third kappa shape index (κ3) is 7.38. The van der Waals surface area contributed by atoms with Gasteiger partial charge in [0.15, 0.2) is 0 Å². The molecule has 0 aromatic heterocycles. The van der Waals surface area contributed by atoms with E-state index in [1.807, 2.05) is 18.2 Å². The summed E-state index contributed by atoms with van der Waals surface area (Å²) in [5.41, 5.74) is 2.39. The Morgan fingerprint density at radius 1 is 0.833 bits per heavy atom. The summed E-state index contributed by atoms with van der Waals surface area (Å²) in [4.78, 5) is 11.7. The minimum Gasteiger partial charge on any atom is -0.356 e. The number of aryl methyl sites for hydroxylation is 1. The second-order valence-corrected chi connectivity index (χ2v) is 5.82. The summed E-state index contributed by atoms with van der Waals surface area (Å²) in [7, 11) is 0. The van der Waals surface area contributed by atoms with Crippen LogP contribution in [-0.4, -0.2) is 25.5 Å². The summed E-state index contributed by atoms with van der Waals surface area (Å²) < 4.78 is 12.8. The third-order valence-corrected chi connectivity index (χ3v) is 3.84. The highest BCUT2D eigenvalue weighted by atomic mass is 19.1. The topological polar surface area (TPSA) is 41.1 Å². The monoisotopic (exact) mass is 328 g/mol. The largest absolute Gasteiger partial charge is 0.356 e. The lowest BCUT2D eigenvalue weighted by Gasteiger charge is -2.07. The molecule has 24 heavy (non-hydrogen) atoms. The Balaban J connectivity index is 1.47. The van der Waals surface area contributed by atoms with E-state index in [4.69, 9.17) is 0 Å². The van der Waals surface area contributed by atoms with Crippen molar-refractivity contribution in [2.45, 2.75) is 25.7 Å². The second kappa shape index (κ2) is 10.6. The lowest BCUT2D eigenvalue weighted by Crippen LogP contribution is -2.29. The van der Waals surface area contributed by atoms with Gasteiger partial charge in [0.2, 0.25) is 5.91 Å². The maximum Gasteiger partial charge on any atom is 0.221 e. The number of carbonyl (C=O) groups is 1. The van der Waals surface area contributed by atoms with Crippen molar-refractivity contribution in [3.63, 3.8) is 0 Å². The Kier molecular flexibility index (Phi) is 7.98. The van der Waals surface area contributed by atoms with Gasteiger partial charge >= 0.3 is 0 Å². The van der Waals surface area contributed by atoms with Crippen LogP contribution in [0.2, 0.25) is 0 Å². The molecule has 0 radical (unpaired) electrons. The van der Waals surface area contributed by atoms with Crippen LogP contribution in [0.4, 0.5) is 4.39 Å². The minimum atomic E-state index is -0.212. The fourth-order valence-electron chi connectivity index (χ4n) is 2.46. The number of hydrogen-bond acceptors (Lipinski definition) is 2. The van der Waals surface area contributed by atoms with Crippen LogP contribution in [0.25, 0.3) is 0 Å². The number of hydrogen-bond donors (Lipinski definition) is 2. The molecule has 0 aliphatic heterocycles. The molecule has 0 aliphatic carbocycles. The normalized spacial score (nSPS) is 10.5. The molecule has 0 aliphatic rings. The Morgan fingerprint density at radius 2 is 1.54 bits per heavy atom. The van der Waals surface area contributed by atoms with E-state index in [2.05, 4.69) is 22.8 Å². The predicted octanol–water partition coefficient (Wildman–Crippen LogP) is 3.10. The standard InChI is InChI=1S/C20H25FN2O/c21-19-10-8-18(9-11-19)12-15-22-16-13-20(24)23-14-4-7-17-5-2-1-3-6-17/h1-3,5-6,8-11,22H,4,7,12-16H2,(H,23,24). The van der Waals surface area contributed by atoms with Crippen molar-refractivity contribution in [3.8, 4) is 0 Å². The van der Waals surface area contributed by atoms with Gasteiger partial charge in [-0.3, -0.25) is 4.79 Å². The summed E-state index contributed by atoms with van der Waals surface area (Å²) in [6, 6.07) is 16.8. The molecule has 0 fully saturated rings. The van der Waals surface area contributed by atoms with Crippen LogP contribution in [0.5, 0.6) is 0 Å². The molecule has 1 amide bonds. The quantitative estimate of drug-likeness (QED) is 0.658. The molecule has 0 saturated carbocycles. The molecule has 0 bridgehead atoms. The number of rotatable bonds is 10. The average Bonchev–Trinajstić information content (AvgIpc) is 2.61. The summed E-state index contributed by atoms with van der Waals surface area (Å²) in [6.07, 6.45) is 3.25. The molecule has 0 unspecified atom stereocenters. The summed E-state index contributed by atoms with van der Waals surface area (Å²) in [5, 5.41) is 6.19. The van der Waals surface area contributed by atoms with Crippen LogP contribution < -0.4 is 10.6 Å². The molecule has 0 saturated heterocycles. The molecule has 0 atom stereocenters. The van der Waals surface area contributed by atoms with E-state index in [0.29, 0.717) is 19.5 Å². The Morgan fingerprint density at radius 3 is 2.29 bits per heavy atom. The number of nitrogens with one attached hydrogen (secondary N) is 2. The molecule has 2 rings (SSSR count). The van der Waals surface area contributed by atoms with Gasteiger partial charge in [-0.25, -0.2) is 4.39 Å². The van der Waals surface area contributed by atoms with Crippen molar-refractivity contribution in [1.82, 2.24) is 10.6 Å². The fourth-order valence-corrected chi connectivity index (χ4v) is 2.46. The number of carbonyl (C=O) groups excluding carboxylic acids is 1. The Labute approximate surface area is 143 Å². The maximum absolute atomic E-state index is 12.8. The van der Waals surface area contributed by atoms with E-state index < -0.39 is 0 Å². The highest BCUT2D eigenvalue weighted by Gasteiger charge is 2.00. The van der Waals surface area contributed by atoms with E-state index in [0.717, 1.165) is 31.4 Å². The molecule has 4 heteroatoms. The van der Waals surface area contributed by atoms with Gasteiger partial charge in [-0.05, 0) is 49.1 Å². The molecule has 128 valence electrons. The van der Waals surface area contributed by atoms with Crippen molar-refractivity contribution in [2.75, 3.05) is 19.6 Å². The van der Waals surface area contributed by atoms with Crippen molar-refractivity contribution < 1.29 is 9.18 Å². The first-order valence-corrected chi connectivity index (χ1v) is 8.50. The van der Waals surface area contributed by atoms with Crippen molar-refractivity contribution in [2.24, 2.45) is 0 Å². The van der Waals surface area contributed by atoms with Crippen LogP contribution >= 0.6 is 0 Å². The summed E-state index contributed by atoms with van der Waals surface area (Å²) in [6.45, 7) is 2.15. The van der Waals surface area contributed by atoms with Gasteiger partial charge in [-0.1, -0.05) is 42.5 Å². The molecular weight excluding hydrogens is 303 g/mol. The van der Waals surface area contributed by atoms with Gasteiger partial charge in [-0.15, -0.1) is 0 Å². The van der Waals surface area contributed by atoms with Crippen LogP contribution in [0.15, 0.2) is 54.6 Å². The lowest BCUT2D eigenvalue weighted by atomic mass is 10.1. The van der Waals surface area contributed by atoms with Gasteiger partial charge in [0.05, 0.1) is 0 Å². The fraction of sp³-hybridized carbons (Fsp3) is 0.350. The van der Waals surface area contributed by atoms with Crippen LogP contribution in [0.1, 0.15) is 24.0 Å². The minimum absolute atomic E-state index is 0.0809. The second-order valence-electron chi connectivity index (χ2n) is 5.82.